The molecule has 0 saturated carbocycles. The van der Waals surface area contributed by atoms with Crippen molar-refractivity contribution in [2.75, 3.05) is 26.3 Å². The summed E-state index contributed by atoms with van der Waals surface area (Å²) in [5, 5.41) is 1.29. The molecule has 0 amide bonds. The Balaban J connectivity index is 1.39. The number of carbonyl (C=O) groups is 1. The van der Waals surface area contributed by atoms with Crippen molar-refractivity contribution in [3.05, 3.63) is 128 Å². The lowest BCUT2D eigenvalue weighted by atomic mass is 9.85. The molecular formula is C39H38Cl2FNO. The van der Waals surface area contributed by atoms with Crippen molar-refractivity contribution >= 4 is 40.1 Å². The number of allylic oxidation sites excluding steroid dienone is 1. The molecule has 0 N–H and O–H groups in total. The molecule has 1 atom stereocenters. The number of halogens is 3. The van der Waals surface area contributed by atoms with Crippen LogP contribution in [-0.2, 0) is 12.8 Å². The molecular weight excluding hydrogens is 588 g/mol. The van der Waals surface area contributed by atoms with Crippen molar-refractivity contribution in [2.45, 2.75) is 45.4 Å². The summed E-state index contributed by atoms with van der Waals surface area (Å²) in [6, 6.07) is 29.4. The molecule has 4 aromatic rings. The Kier molecular flexibility index (Phi) is 9.66. The standard InChI is InChI=1S/C39H38Cl2FNO/c1-26(44)33-7-2-3-8-34(33)31-14-16-35-30(23-31)6-4-9-37(36-17-15-32(40)24-38(36)41)39(35)29-12-10-27(11-13-29)22-28-18-21-43(25-28)20-5-19-42/h2-3,7-8,10-17,23-24,28H,4-6,9,18-22,25H2,1H3/t28-/m1/s1. The summed E-state index contributed by atoms with van der Waals surface area (Å²) in [7, 11) is 0. The van der Waals surface area contributed by atoms with Gasteiger partial charge in [0.25, 0.3) is 0 Å². The van der Waals surface area contributed by atoms with Crippen molar-refractivity contribution in [2.24, 2.45) is 5.92 Å². The largest absolute Gasteiger partial charge is 0.303 e. The Bertz CT molecular complexity index is 1690. The van der Waals surface area contributed by atoms with Crippen molar-refractivity contribution in [1.82, 2.24) is 4.90 Å². The number of likely N-dealkylation sites (tertiary alicyclic amines) is 1. The third-order valence-corrected chi connectivity index (χ3v) is 9.72. The number of ketones is 1. The quantitative estimate of drug-likeness (QED) is 0.172. The minimum atomic E-state index is -0.238. The zero-order valence-electron chi connectivity index (χ0n) is 25.2. The fourth-order valence-corrected chi connectivity index (χ4v) is 7.56. The lowest BCUT2D eigenvalue weighted by Crippen LogP contribution is -2.22. The number of fused-ring (bicyclic) bond motifs is 1. The van der Waals surface area contributed by atoms with Gasteiger partial charge >= 0.3 is 0 Å². The van der Waals surface area contributed by atoms with Crippen LogP contribution in [0.25, 0.3) is 22.3 Å². The first kappa shape index (κ1) is 30.8. The number of hydrogen-bond donors (Lipinski definition) is 0. The predicted molar refractivity (Wildman–Crippen MR) is 182 cm³/mol. The fourth-order valence-electron chi connectivity index (χ4n) is 7.04. The van der Waals surface area contributed by atoms with Crippen molar-refractivity contribution in [1.29, 1.82) is 0 Å². The Morgan fingerprint density at radius 1 is 0.886 bits per heavy atom. The Hall–Kier alpha value is -3.24. The second kappa shape index (κ2) is 13.8. The molecule has 6 rings (SSSR count). The van der Waals surface area contributed by atoms with E-state index in [1.165, 1.54) is 39.8 Å². The summed E-state index contributed by atoms with van der Waals surface area (Å²) >= 11 is 13.1. The molecule has 1 saturated heterocycles. The van der Waals surface area contributed by atoms with Gasteiger partial charge in [-0.1, -0.05) is 96.0 Å². The molecule has 4 aromatic carbocycles. The number of carbonyl (C=O) groups excluding carboxylic acids is 1. The van der Waals surface area contributed by atoms with Crippen LogP contribution < -0.4 is 0 Å². The summed E-state index contributed by atoms with van der Waals surface area (Å²) in [6.45, 7) is 4.37. The summed E-state index contributed by atoms with van der Waals surface area (Å²) in [5.74, 6) is 0.680. The molecule has 44 heavy (non-hydrogen) atoms. The lowest BCUT2D eigenvalue weighted by Gasteiger charge is -2.19. The third kappa shape index (κ3) is 6.71. The van der Waals surface area contributed by atoms with Crippen molar-refractivity contribution < 1.29 is 9.18 Å². The number of alkyl halides is 1. The van der Waals surface area contributed by atoms with Gasteiger partial charge in [-0.25, -0.2) is 0 Å². The topological polar surface area (TPSA) is 20.3 Å². The summed E-state index contributed by atoms with van der Waals surface area (Å²) in [5.41, 5.74) is 11.2. The molecule has 2 nitrogen and oxygen atoms in total. The van der Waals surface area contributed by atoms with Gasteiger partial charge in [0.2, 0.25) is 0 Å². The SMILES string of the molecule is CC(=O)c1ccccc1-c1ccc2c(c1)CCCC(c1ccc(Cl)cc1Cl)=C2c1ccc(C[C@H]2CCN(CCCF)C2)cc1. The molecule has 226 valence electrons. The highest BCUT2D eigenvalue weighted by molar-refractivity contribution is 6.36. The van der Waals surface area contributed by atoms with Crippen molar-refractivity contribution in [3.8, 4) is 11.1 Å². The van der Waals surface area contributed by atoms with Gasteiger partial charge in [0, 0.05) is 28.7 Å². The van der Waals surface area contributed by atoms with Gasteiger partial charge < -0.3 is 4.90 Å². The fraction of sp³-hybridized carbons (Fsp3) is 0.308. The van der Waals surface area contributed by atoms with E-state index in [1.54, 1.807) is 6.92 Å². The molecule has 0 aromatic heterocycles. The summed E-state index contributed by atoms with van der Waals surface area (Å²) in [4.78, 5) is 14.8. The van der Waals surface area contributed by atoms with Crippen LogP contribution in [-0.4, -0.2) is 37.0 Å². The highest BCUT2D eigenvalue weighted by Crippen LogP contribution is 2.43. The minimum Gasteiger partial charge on any atom is -0.303 e. The van der Waals surface area contributed by atoms with E-state index in [1.807, 2.05) is 42.5 Å². The molecule has 0 unspecified atom stereocenters. The third-order valence-electron chi connectivity index (χ3n) is 9.17. The number of Topliss-reactive ketones (excluding diaryl/α,β-unsaturated/α-hetero) is 1. The molecule has 0 spiro atoms. The zero-order valence-corrected chi connectivity index (χ0v) is 26.7. The highest BCUT2D eigenvalue weighted by Gasteiger charge is 2.24. The Morgan fingerprint density at radius 3 is 2.43 bits per heavy atom. The van der Waals surface area contributed by atoms with E-state index in [0.717, 1.165) is 67.6 Å². The first-order valence-corrected chi connectivity index (χ1v) is 16.5. The molecule has 5 heteroatoms. The van der Waals surface area contributed by atoms with Crippen LogP contribution in [0.4, 0.5) is 4.39 Å². The average molecular weight is 627 g/mol. The van der Waals surface area contributed by atoms with Crippen LogP contribution >= 0.6 is 23.2 Å². The first-order valence-electron chi connectivity index (χ1n) is 15.7. The Labute approximate surface area is 270 Å². The number of benzene rings is 4. The van der Waals surface area contributed by atoms with Crippen LogP contribution in [0.3, 0.4) is 0 Å². The van der Waals surface area contributed by atoms with Crippen LogP contribution in [0.1, 0.15) is 70.8 Å². The number of aryl methyl sites for hydroxylation is 1. The van der Waals surface area contributed by atoms with Gasteiger partial charge in [0.05, 0.1) is 6.67 Å². The van der Waals surface area contributed by atoms with Gasteiger partial charge in [0.15, 0.2) is 5.78 Å². The van der Waals surface area contributed by atoms with Crippen LogP contribution in [0, 0.1) is 5.92 Å². The minimum absolute atomic E-state index is 0.0703. The van der Waals surface area contributed by atoms with Gasteiger partial charge in [-0.3, -0.25) is 9.18 Å². The Morgan fingerprint density at radius 2 is 1.66 bits per heavy atom. The molecule has 2 aliphatic rings. The number of nitrogens with zero attached hydrogens (tertiary/aromatic N) is 1. The average Bonchev–Trinajstić information content (AvgIpc) is 3.39. The molecule has 0 radical (unpaired) electrons. The van der Waals surface area contributed by atoms with E-state index in [0.29, 0.717) is 22.4 Å². The molecule has 1 heterocycles. The first-order chi connectivity index (χ1) is 21.4. The summed E-state index contributed by atoms with van der Waals surface area (Å²) < 4.78 is 12.7. The van der Waals surface area contributed by atoms with Gasteiger partial charge in [-0.05, 0) is 120 Å². The van der Waals surface area contributed by atoms with E-state index in [9.17, 15) is 9.18 Å². The van der Waals surface area contributed by atoms with E-state index in [2.05, 4.69) is 47.4 Å². The van der Waals surface area contributed by atoms with Crippen LogP contribution in [0.2, 0.25) is 10.0 Å². The van der Waals surface area contributed by atoms with E-state index < -0.39 is 0 Å². The molecule has 1 aliphatic heterocycles. The summed E-state index contributed by atoms with van der Waals surface area (Å²) in [6.07, 6.45) is 5.65. The van der Waals surface area contributed by atoms with Gasteiger partial charge in [0.1, 0.15) is 0 Å². The van der Waals surface area contributed by atoms with Gasteiger partial charge in [-0.15, -0.1) is 0 Å². The maximum atomic E-state index is 12.7. The highest BCUT2D eigenvalue weighted by atomic mass is 35.5. The maximum absolute atomic E-state index is 12.7. The van der Waals surface area contributed by atoms with Gasteiger partial charge in [-0.2, -0.15) is 0 Å². The van der Waals surface area contributed by atoms with Crippen LogP contribution in [0.15, 0.2) is 84.9 Å². The normalized spacial score (nSPS) is 17.0. The van der Waals surface area contributed by atoms with Crippen LogP contribution in [0.5, 0.6) is 0 Å². The monoisotopic (exact) mass is 625 g/mol. The number of rotatable bonds is 9. The van der Waals surface area contributed by atoms with E-state index in [-0.39, 0.29) is 12.5 Å². The molecule has 0 bridgehead atoms. The zero-order chi connectivity index (χ0) is 30.6. The number of hydrogen-bond acceptors (Lipinski definition) is 2. The second-order valence-corrected chi connectivity index (χ2v) is 13.0. The predicted octanol–water partition coefficient (Wildman–Crippen LogP) is 10.4. The second-order valence-electron chi connectivity index (χ2n) is 12.2. The van der Waals surface area contributed by atoms with Crippen molar-refractivity contribution in [3.63, 3.8) is 0 Å². The molecule has 1 aliphatic carbocycles. The van der Waals surface area contributed by atoms with E-state index >= 15 is 0 Å². The lowest BCUT2D eigenvalue weighted by molar-refractivity contribution is 0.101. The molecule has 1 fully saturated rings. The smallest absolute Gasteiger partial charge is 0.160 e. The van der Waals surface area contributed by atoms with E-state index in [4.69, 9.17) is 23.2 Å². The maximum Gasteiger partial charge on any atom is 0.160 e.